The number of hydrogen-bond donors (Lipinski definition) is 0. The summed E-state index contributed by atoms with van der Waals surface area (Å²) < 4.78 is 6.04. The number of rotatable bonds is 1. The highest BCUT2D eigenvalue weighted by molar-refractivity contribution is 5.87. The van der Waals surface area contributed by atoms with Crippen molar-refractivity contribution in [3.05, 3.63) is 30.2 Å². The van der Waals surface area contributed by atoms with E-state index in [1.165, 1.54) is 17.8 Å². The fourth-order valence-corrected chi connectivity index (χ4v) is 1.03. The lowest BCUT2D eigenvalue weighted by atomic mass is 10.5. The van der Waals surface area contributed by atoms with E-state index in [1.54, 1.807) is 18.3 Å². The van der Waals surface area contributed by atoms with Gasteiger partial charge in [-0.25, -0.2) is 14.3 Å². The average Bonchev–Trinajstić information content (AvgIpc) is 2.59. The summed E-state index contributed by atoms with van der Waals surface area (Å²) in [5, 5.41) is 3.96. The molecule has 0 bridgehead atoms. The second kappa shape index (κ2) is 2.85. The predicted molar refractivity (Wildman–Crippen MR) is 44.3 cm³/mol. The lowest BCUT2D eigenvalue weighted by molar-refractivity contribution is 0.0595. The van der Waals surface area contributed by atoms with E-state index >= 15 is 0 Å². The summed E-state index contributed by atoms with van der Waals surface area (Å²) in [6.07, 6.45) is 3.15. The van der Waals surface area contributed by atoms with Crippen LogP contribution in [0.15, 0.2) is 24.5 Å². The van der Waals surface area contributed by atoms with Crippen molar-refractivity contribution < 1.29 is 9.53 Å². The smallest absolute Gasteiger partial charge is 0.358 e. The quantitative estimate of drug-likeness (QED) is 0.596. The van der Waals surface area contributed by atoms with Crippen molar-refractivity contribution in [3.63, 3.8) is 0 Å². The van der Waals surface area contributed by atoms with Gasteiger partial charge >= 0.3 is 5.97 Å². The maximum absolute atomic E-state index is 11.1. The number of imidazole rings is 1. The highest BCUT2D eigenvalue weighted by Crippen LogP contribution is 2.02. The Bertz CT molecular complexity index is 416. The normalized spacial score (nSPS) is 10.2. The third kappa shape index (κ3) is 1.24. The molecule has 5 heteroatoms. The van der Waals surface area contributed by atoms with Crippen LogP contribution < -0.4 is 0 Å². The zero-order valence-electron chi connectivity index (χ0n) is 6.97. The summed E-state index contributed by atoms with van der Waals surface area (Å²) in [6.45, 7) is 0. The zero-order chi connectivity index (χ0) is 9.26. The molecule has 0 aliphatic carbocycles. The van der Waals surface area contributed by atoms with Crippen LogP contribution in [0, 0.1) is 0 Å². The number of aromatic nitrogens is 3. The second-order valence-corrected chi connectivity index (χ2v) is 2.44. The molecule has 0 saturated carbocycles. The monoisotopic (exact) mass is 177 g/mol. The summed E-state index contributed by atoms with van der Waals surface area (Å²) in [6, 6.07) is 3.52. The Labute approximate surface area is 74.0 Å². The Morgan fingerprint density at radius 3 is 3.15 bits per heavy atom. The lowest BCUT2D eigenvalue weighted by Gasteiger charge is -1.89. The molecular weight excluding hydrogens is 170 g/mol. The minimum atomic E-state index is -0.453. The number of fused-ring (bicyclic) bond motifs is 1. The van der Waals surface area contributed by atoms with E-state index in [9.17, 15) is 4.79 Å². The van der Waals surface area contributed by atoms with Gasteiger partial charge < -0.3 is 4.74 Å². The number of methoxy groups -OCH3 is 1. The van der Waals surface area contributed by atoms with E-state index in [0.717, 1.165) is 0 Å². The van der Waals surface area contributed by atoms with Gasteiger partial charge in [0.15, 0.2) is 11.3 Å². The van der Waals surface area contributed by atoms with Crippen molar-refractivity contribution in [1.82, 2.24) is 14.6 Å². The Morgan fingerprint density at radius 1 is 1.62 bits per heavy atom. The van der Waals surface area contributed by atoms with Gasteiger partial charge in [-0.05, 0) is 12.1 Å². The average molecular weight is 177 g/mol. The molecule has 0 radical (unpaired) electrons. The van der Waals surface area contributed by atoms with E-state index in [-0.39, 0.29) is 5.69 Å². The van der Waals surface area contributed by atoms with E-state index in [4.69, 9.17) is 0 Å². The predicted octanol–water partition coefficient (Wildman–Crippen LogP) is 0.516. The molecule has 0 spiro atoms. The molecule has 0 aliphatic heterocycles. The van der Waals surface area contributed by atoms with Crippen molar-refractivity contribution in [3.8, 4) is 0 Å². The van der Waals surface area contributed by atoms with Crippen LogP contribution in [0.25, 0.3) is 5.65 Å². The Balaban J connectivity index is 2.56. The molecule has 2 aromatic rings. The van der Waals surface area contributed by atoms with Crippen LogP contribution in [-0.4, -0.2) is 27.7 Å². The van der Waals surface area contributed by atoms with Gasteiger partial charge in [0.25, 0.3) is 0 Å². The SMILES string of the molecule is COC(=O)c1cn2ncccc2n1. The highest BCUT2D eigenvalue weighted by atomic mass is 16.5. The first-order chi connectivity index (χ1) is 6.31. The van der Waals surface area contributed by atoms with Crippen molar-refractivity contribution in [2.24, 2.45) is 0 Å². The van der Waals surface area contributed by atoms with Gasteiger partial charge in [-0.1, -0.05) is 0 Å². The molecule has 0 aliphatic rings. The lowest BCUT2D eigenvalue weighted by Crippen LogP contribution is -2.00. The summed E-state index contributed by atoms with van der Waals surface area (Å²) in [7, 11) is 1.32. The van der Waals surface area contributed by atoms with E-state index in [2.05, 4.69) is 14.8 Å². The first-order valence-corrected chi connectivity index (χ1v) is 3.70. The molecule has 66 valence electrons. The van der Waals surface area contributed by atoms with Gasteiger partial charge in [-0.3, -0.25) is 0 Å². The molecule has 0 N–H and O–H groups in total. The van der Waals surface area contributed by atoms with Crippen molar-refractivity contribution in [1.29, 1.82) is 0 Å². The zero-order valence-corrected chi connectivity index (χ0v) is 6.97. The Kier molecular flexibility index (Phi) is 1.70. The van der Waals surface area contributed by atoms with Gasteiger partial charge in [0.05, 0.1) is 13.3 Å². The summed E-state index contributed by atoms with van der Waals surface area (Å²) in [5.74, 6) is -0.453. The first kappa shape index (κ1) is 7.72. The number of nitrogens with zero attached hydrogens (tertiary/aromatic N) is 3. The fraction of sp³-hybridized carbons (Fsp3) is 0.125. The number of carbonyl (C=O) groups excluding carboxylic acids is 1. The summed E-state index contributed by atoms with van der Waals surface area (Å²) in [4.78, 5) is 15.1. The van der Waals surface area contributed by atoms with Crippen LogP contribution in [0.3, 0.4) is 0 Å². The molecule has 2 aromatic heterocycles. The molecule has 5 nitrogen and oxygen atoms in total. The third-order valence-corrected chi connectivity index (χ3v) is 1.63. The Hall–Kier alpha value is -1.91. The van der Waals surface area contributed by atoms with Gasteiger partial charge in [-0.15, -0.1) is 0 Å². The first-order valence-electron chi connectivity index (χ1n) is 3.70. The summed E-state index contributed by atoms with van der Waals surface area (Å²) >= 11 is 0. The molecule has 0 saturated heterocycles. The van der Waals surface area contributed by atoms with Crippen LogP contribution in [0.5, 0.6) is 0 Å². The van der Waals surface area contributed by atoms with Crippen LogP contribution in [-0.2, 0) is 4.74 Å². The van der Waals surface area contributed by atoms with Gasteiger partial charge in [0.1, 0.15) is 0 Å². The molecule has 2 heterocycles. The number of ether oxygens (including phenoxy) is 1. The molecule has 0 amide bonds. The standard InChI is InChI=1S/C8H7N3O2/c1-13-8(12)6-5-11-7(10-6)3-2-4-9-11/h2-5H,1H3. The van der Waals surface area contributed by atoms with Crippen molar-refractivity contribution in [2.45, 2.75) is 0 Å². The van der Waals surface area contributed by atoms with Crippen molar-refractivity contribution in [2.75, 3.05) is 7.11 Å². The Morgan fingerprint density at radius 2 is 2.46 bits per heavy atom. The topological polar surface area (TPSA) is 56.5 Å². The number of hydrogen-bond acceptors (Lipinski definition) is 4. The molecule has 13 heavy (non-hydrogen) atoms. The molecule has 0 fully saturated rings. The van der Waals surface area contributed by atoms with Gasteiger partial charge in [-0.2, -0.15) is 5.10 Å². The van der Waals surface area contributed by atoms with Crippen LogP contribution in [0.4, 0.5) is 0 Å². The molecular formula is C8H7N3O2. The highest BCUT2D eigenvalue weighted by Gasteiger charge is 2.09. The van der Waals surface area contributed by atoms with Crippen LogP contribution in [0.2, 0.25) is 0 Å². The molecule has 0 aromatic carbocycles. The third-order valence-electron chi connectivity index (χ3n) is 1.63. The maximum atomic E-state index is 11.1. The van der Waals surface area contributed by atoms with Crippen LogP contribution >= 0.6 is 0 Å². The van der Waals surface area contributed by atoms with E-state index in [0.29, 0.717) is 5.65 Å². The van der Waals surface area contributed by atoms with Crippen LogP contribution in [0.1, 0.15) is 10.5 Å². The fourth-order valence-electron chi connectivity index (χ4n) is 1.03. The van der Waals surface area contributed by atoms with Gasteiger partial charge in [0, 0.05) is 6.20 Å². The van der Waals surface area contributed by atoms with E-state index in [1.807, 2.05) is 0 Å². The van der Waals surface area contributed by atoms with Crippen molar-refractivity contribution >= 4 is 11.6 Å². The number of carbonyl (C=O) groups is 1. The van der Waals surface area contributed by atoms with E-state index < -0.39 is 5.97 Å². The maximum Gasteiger partial charge on any atom is 0.358 e. The summed E-state index contributed by atoms with van der Waals surface area (Å²) in [5.41, 5.74) is 0.893. The van der Waals surface area contributed by atoms with Gasteiger partial charge in [0.2, 0.25) is 0 Å². The molecule has 0 unspecified atom stereocenters. The second-order valence-electron chi connectivity index (χ2n) is 2.44. The number of esters is 1. The minimum Gasteiger partial charge on any atom is -0.464 e. The molecule has 0 atom stereocenters. The largest absolute Gasteiger partial charge is 0.464 e. The minimum absolute atomic E-state index is 0.265. The molecule has 2 rings (SSSR count).